The van der Waals surface area contributed by atoms with Crippen molar-refractivity contribution in [2.75, 3.05) is 5.75 Å². The van der Waals surface area contributed by atoms with Gasteiger partial charge in [0, 0.05) is 22.2 Å². The number of halogens is 2. The molecule has 0 saturated carbocycles. The van der Waals surface area contributed by atoms with Gasteiger partial charge in [0.2, 0.25) is 0 Å². The summed E-state index contributed by atoms with van der Waals surface area (Å²) in [6, 6.07) is 8.09. The van der Waals surface area contributed by atoms with Crippen molar-refractivity contribution in [3.05, 3.63) is 45.7 Å². The van der Waals surface area contributed by atoms with Crippen molar-refractivity contribution in [1.82, 2.24) is 15.2 Å². The van der Waals surface area contributed by atoms with Crippen molar-refractivity contribution < 1.29 is 0 Å². The second-order valence-corrected chi connectivity index (χ2v) is 6.41. The fourth-order valence-corrected chi connectivity index (χ4v) is 3.60. The molecule has 1 atom stereocenters. The van der Waals surface area contributed by atoms with Crippen molar-refractivity contribution in [2.24, 2.45) is 12.9 Å². The zero-order chi connectivity index (χ0) is 13.8. The average molecular weight is 362 g/mol. The summed E-state index contributed by atoms with van der Waals surface area (Å²) in [6.45, 7) is 0. The molecule has 0 saturated heterocycles. The van der Waals surface area contributed by atoms with Gasteiger partial charge in [-0.25, -0.2) is 0 Å². The molecule has 0 spiro atoms. The highest BCUT2D eigenvalue weighted by atomic mass is 79.9. The van der Waals surface area contributed by atoms with E-state index in [9.17, 15) is 0 Å². The summed E-state index contributed by atoms with van der Waals surface area (Å²) in [6.07, 6.45) is 1.63. The van der Waals surface area contributed by atoms with Gasteiger partial charge in [0.15, 0.2) is 0 Å². The first kappa shape index (κ1) is 14.9. The molecule has 1 heterocycles. The Labute approximate surface area is 129 Å². The van der Waals surface area contributed by atoms with Crippen LogP contribution in [0.15, 0.2) is 39.8 Å². The summed E-state index contributed by atoms with van der Waals surface area (Å²) in [5.74, 6) is 6.39. The largest absolute Gasteiger partial charge is 0.271 e. The van der Waals surface area contributed by atoms with Gasteiger partial charge >= 0.3 is 0 Å². The lowest BCUT2D eigenvalue weighted by molar-refractivity contribution is 0.554. The van der Waals surface area contributed by atoms with Crippen LogP contribution in [0.4, 0.5) is 0 Å². The molecule has 0 amide bonds. The third-order valence-corrected chi connectivity index (χ3v) is 4.55. The van der Waals surface area contributed by atoms with E-state index < -0.39 is 0 Å². The van der Waals surface area contributed by atoms with Crippen molar-refractivity contribution >= 4 is 39.3 Å². The normalized spacial score (nSPS) is 12.6. The van der Waals surface area contributed by atoms with Crippen molar-refractivity contribution in [3.8, 4) is 0 Å². The van der Waals surface area contributed by atoms with Gasteiger partial charge in [0.25, 0.3) is 0 Å². The minimum atomic E-state index is -0.0519. The molecule has 1 unspecified atom stereocenters. The number of nitrogens with one attached hydrogen (secondary N) is 1. The predicted octanol–water partition coefficient (Wildman–Crippen LogP) is 3.13. The van der Waals surface area contributed by atoms with Crippen molar-refractivity contribution in [1.29, 1.82) is 0 Å². The Morgan fingerprint density at radius 2 is 2.37 bits per heavy atom. The number of hydrogen-bond acceptors (Lipinski definition) is 4. The Kier molecular flexibility index (Phi) is 5.29. The van der Waals surface area contributed by atoms with Crippen molar-refractivity contribution in [3.63, 3.8) is 0 Å². The van der Waals surface area contributed by atoms with E-state index in [1.807, 2.05) is 19.2 Å². The monoisotopic (exact) mass is 360 g/mol. The molecular formula is C12H14BrClN4S. The van der Waals surface area contributed by atoms with Crippen LogP contribution in [0.25, 0.3) is 0 Å². The van der Waals surface area contributed by atoms with Gasteiger partial charge in [-0.2, -0.15) is 5.10 Å². The maximum absolute atomic E-state index is 6.13. The first-order valence-corrected chi connectivity index (χ1v) is 7.79. The molecule has 2 aromatic rings. The molecule has 0 radical (unpaired) electrons. The van der Waals surface area contributed by atoms with Gasteiger partial charge in [-0.05, 0) is 18.2 Å². The van der Waals surface area contributed by atoms with Gasteiger partial charge in [-0.3, -0.25) is 16.0 Å². The molecule has 0 fully saturated rings. The molecule has 3 N–H and O–H groups in total. The van der Waals surface area contributed by atoms with Gasteiger partial charge in [-0.15, -0.1) is 11.8 Å². The average Bonchev–Trinajstić information content (AvgIpc) is 2.71. The molecule has 0 bridgehead atoms. The Hall–Kier alpha value is -0.530. The van der Waals surface area contributed by atoms with Crippen LogP contribution >= 0.6 is 39.3 Å². The zero-order valence-corrected chi connectivity index (χ0v) is 13.5. The van der Waals surface area contributed by atoms with Gasteiger partial charge in [0.1, 0.15) is 0 Å². The Balaban J connectivity index is 2.08. The van der Waals surface area contributed by atoms with Crippen LogP contribution in [0, 0.1) is 0 Å². The molecule has 0 aliphatic carbocycles. The topological polar surface area (TPSA) is 55.9 Å². The molecule has 7 heteroatoms. The molecule has 1 aromatic heterocycles. The summed E-state index contributed by atoms with van der Waals surface area (Å²) in [5, 5.41) is 4.75. The van der Waals surface area contributed by atoms with Crippen LogP contribution in [0.1, 0.15) is 11.7 Å². The van der Waals surface area contributed by atoms with Crippen LogP contribution in [0.3, 0.4) is 0 Å². The smallest absolute Gasteiger partial charge is 0.0834 e. The van der Waals surface area contributed by atoms with E-state index in [1.54, 1.807) is 22.6 Å². The predicted molar refractivity (Wildman–Crippen MR) is 83.1 cm³/mol. The first-order chi connectivity index (χ1) is 9.11. The minimum absolute atomic E-state index is 0.0519. The number of hydrazine groups is 1. The summed E-state index contributed by atoms with van der Waals surface area (Å²) in [4.78, 5) is 1.17. The molecule has 2 rings (SSSR count). The van der Waals surface area contributed by atoms with E-state index in [0.29, 0.717) is 5.02 Å². The van der Waals surface area contributed by atoms with Crippen LogP contribution in [-0.2, 0) is 7.05 Å². The minimum Gasteiger partial charge on any atom is -0.271 e. The maximum atomic E-state index is 6.13. The summed E-state index contributed by atoms with van der Waals surface area (Å²) in [7, 11) is 1.86. The standard InChI is InChI=1S/C12H14BrClN4S/c1-18-12(10(14)6-16-18)11(17-15)7-19-9-4-2-3-8(13)5-9/h2-6,11,17H,7,15H2,1H3. The van der Waals surface area contributed by atoms with E-state index in [-0.39, 0.29) is 6.04 Å². The molecule has 0 aliphatic heterocycles. The molecular weight excluding hydrogens is 348 g/mol. The molecule has 4 nitrogen and oxygen atoms in total. The fourth-order valence-electron chi connectivity index (χ4n) is 1.75. The number of nitrogens with two attached hydrogens (primary N) is 1. The van der Waals surface area contributed by atoms with Crippen LogP contribution in [0.5, 0.6) is 0 Å². The lowest BCUT2D eigenvalue weighted by Gasteiger charge is -2.16. The Morgan fingerprint density at radius 1 is 1.58 bits per heavy atom. The number of aryl methyl sites for hydroxylation is 1. The highest BCUT2D eigenvalue weighted by Gasteiger charge is 2.18. The quantitative estimate of drug-likeness (QED) is 0.488. The SMILES string of the molecule is Cn1ncc(Cl)c1C(CSc1cccc(Br)c1)NN. The number of benzene rings is 1. The highest BCUT2D eigenvalue weighted by molar-refractivity contribution is 9.10. The molecule has 102 valence electrons. The van der Waals surface area contributed by atoms with E-state index in [0.717, 1.165) is 15.9 Å². The number of thioether (sulfide) groups is 1. The summed E-state index contributed by atoms with van der Waals surface area (Å²) < 4.78 is 2.81. The van der Waals surface area contributed by atoms with Gasteiger partial charge < -0.3 is 0 Å². The highest BCUT2D eigenvalue weighted by Crippen LogP contribution is 2.29. The van der Waals surface area contributed by atoms with E-state index in [4.69, 9.17) is 17.4 Å². The van der Waals surface area contributed by atoms with Crippen LogP contribution < -0.4 is 11.3 Å². The number of aromatic nitrogens is 2. The number of rotatable bonds is 5. The van der Waals surface area contributed by atoms with Crippen LogP contribution in [0.2, 0.25) is 5.02 Å². The van der Waals surface area contributed by atoms with Crippen molar-refractivity contribution in [2.45, 2.75) is 10.9 Å². The zero-order valence-electron chi connectivity index (χ0n) is 10.3. The maximum Gasteiger partial charge on any atom is 0.0834 e. The first-order valence-electron chi connectivity index (χ1n) is 5.63. The lowest BCUT2D eigenvalue weighted by Crippen LogP contribution is -2.31. The van der Waals surface area contributed by atoms with E-state index >= 15 is 0 Å². The number of hydrogen-bond donors (Lipinski definition) is 2. The number of nitrogens with zero attached hydrogens (tertiary/aromatic N) is 2. The summed E-state index contributed by atoms with van der Waals surface area (Å²) in [5.41, 5.74) is 3.69. The third-order valence-electron chi connectivity index (χ3n) is 2.68. The van der Waals surface area contributed by atoms with E-state index in [1.165, 1.54) is 4.90 Å². The molecule has 0 aliphatic rings. The molecule has 19 heavy (non-hydrogen) atoms. The van der Waals surface area contributed by atoms with E-state index in [2.05, 4.69) is 38.6 Å². The van der Waals surface area contributed by atoms with Crippen LogP contribution in [-0.4, -0.2) is 15.5 Å². The second-order valence-electron chi connectivity index (χ2n) is 3.99. The molecule has 1 aromatic carbocycles. The summed E-state index contributed by atoms with van der Waals surface area (Å²) >= 11 is 11.3. The second kappa shape index (κ2) is 6.76. The third kappa shape index (κ3) is 3.73. The van der Waals surface area contributed by atoms with Gasteiger partial charge in [0.05, 0.1) is 23.0 Å². The Bertz CT molecular complexity index is 541. The van der Waals surface area contributed by atoms with Gasteiger partial charge in [-0.1, -0.05) is 33.6 Å². The fraction of sp³-hybridized carbons (Fsp3) is 0.250. The lowest BCUT2D eigenvalue weighted by atomic mass is 10.2. The Morgan fingerprint density at radius 3 is 2.95 bits per heavy atom.